The van der Waals surface area contributed by atoms with E-state index in [0.29, 0.717) is 37.0 Å². The lowest BCUT2D eigenvalue weighted by atomic mass is 9.53. The summed E-state index contributed by atoms with van der Waals surface area (Å²) in [5.74, 6) is -2.59. The van der Waals surface area contributed by atoms with Crippen LogP contribution in [0.5, 0.6) is 0 Å². The lowest BCUT2D eigenvalue weighted by Gasteiger charge is -2.54. The van der Waals surface area contributed by atoms with E-state index >= 15 is 0 Å². The minimum atomic E-state index is -1.19. The molecule has 4 aliphatic rings. The molecule has 204 valence electrons. The van der Waals surface area contributed by atoms with Crippen molar-refractivity contribution in [3.63, 3.8) is 0 Å². The lowest BCUT2D eigenvalue weighted by molar-refractivity contribution is -0.161. The van der Waals surface area contributed by atoms with Crippen LogP contribution in [0, 0.1) is 16.7 Å². The lowest BCUT2D eigenvalue weighted by Crippen LogP contribution is -2.57. The molecule has 37 heavy (non-hydrogen) atoms. The number of ether oxygens (including phenoxy) is 3. The van der Waals surface area contributed by atoms with Crippen molar-refractivity contribution < 1.29 is 38.8 Å². The maximum atomic E-state index is 13.9. The number of carbonyl (C=O) groups excluding carboxylic acids is 3. The Balaban J connectivity index is 1.98. The molecule has 0 radical (unpaired) electrons. The maximum absolute atomic E-state index is 13.9. The first-order chi connectivity index (χ1) is 17.4. The van der Waals surface area contributed by atoms with Crippen molar-refractivity contribution in [2.45, 2.75) is 78.1 Å². The van der Waals surface area contributed by atoms with Crippen LogP contribution in [0.1, 0.15) is 59.8 Å². The normalized spacial score (nSPS) is 36.2. The molecule has 0 aromatic rings. The molecular formula is C28H39NO8. The third-order valence-corrected chi connectivity index (χ3v) is 8.87. The average molecular weight is 518 g/mol. The van der Waals surface area contributed by atoms with Crippen molar-refractivity contribution in [2.75, 3.05) is 27.3 Å². The monoisotopic (exact) mass is 517 g/mol. The molecule has 4 rings (SSSR count). The van der Waals surface area contributed by atoms with Gasteiger partial charge in [0.1, 0.15) is 12.2 Å². The van der Waals surface area contributed by atoms with Crippen LogP contribution in [0.2, 0.25) is 0 Å². The van der Waals surface area contributed by atoms with Crippen LogP contribution in [0.25, 0.3) is 0 Å². The minimum Gasteiger partial charge on any atom is -0.504 e. The Kier molecular flexibility index (Phi) is 7.33. The maximum Gasteiger partial charge on any atom is 0.340 e. The van der Waals surface area contributed by atoms with Crippen LogP contribution in [-0.2, 0) is 28.6 Å². The highest BCUT2D eigenvalue weighted by molar-refractivity contribution is 6.13. The molecule has 9 nitrogen and oxygen atoms in total. The van der Waals surface area contributed by atoms with Crippen molar-refractivity contribution in [1.82, 2.24) is 4.90 Å². The van der Waals surface area contributed by atoms with Gasteiger partial charge in [-0.05, 0) is 44.1 Å². The van der Waals surface area contributed by atoms with E-state index in [2.05, 4.69) is 6.92 Å². The zero-order valence-corrected chi connectivity index (χ0v) is 22.6. The number of hydrogen-bond acceptors (Lipinski definition) is 9. The van der Waals surface area contributed by atoms with E-state index < -0.39 is 52.6 Å². The first-order valence-corrected chi connectivity index (χ1v) is 13.1. The van der Waals surface area contributed by atoms with Crippen LogP contribution in [0.4, 0.5) is 0 Å². The molecule has 2 fully saturated rings. The van der Waals surface area contributed by atoms with Crippen molar-refractivity contribution in [2.24, 2.45) is 16.7 Å². The highest BCUT2D eigenvalue weighted by Gasteiger charge is 2.64. The van der Waals surface area contributed by atoms with Gasteiger partial charge in [-0.3, -0.25) is 9.59 Å². The number of ketones is 1. The highest BCUT2D eigenvalue weighted by Crippen LogP contribution is 2.63. The van der Waals surface area contributed by atoms with E-state index in [4.69, 9.17) is 14.2 Å². The predicted molar refractivity (Wildman–Crippen MR) is 134 cm³/mol. The zero-order chi connectivity index (χ0) is 27.3. The minimum absolute atomic E-state index is 0.0142. The highest BCUT2D eigenvalue weighted by atomic mass is 16.6. The Hall–Kier alpha value is -2.65. The third kappa shape index (κ3) is 4.20. The average Bonchev–Trinajstić information content (AvgIpc) is 3.12. The zero-order valence-electron chi connectivity index (χ0n) is 22.6. The number of Topliss-reactive ketones (excluding diaryl/α,β-unsaturated/α-hetero) is 1. The van der Waals surface area contributed by atoms with E-state index in [0.717, 1.165) is 12.8 Å². The fourth-order valence-electron chi connectivity index (χ4n) is 6.96. The van der Waals surface area contributed by atoms with Gasteiger partial charge in [-0.15, -0.1) is 0 Å². The van der Waals surface area contributed by atoms with Crippen molar-refractivity contribution in [3.05, 3.63) is 34.3 Å². The summed E-state index contributed by atoms with van der Waals surface area (Å²) in [5, 5.41) is 22.4. The number of methoxy groups -OCH3 is 1. The number of fused-ring (bicyclic) bond motifs is 4. The van der Waals surface area contributed by atoms with E-state index in [9.17, 15) is 24.6 Å². The van der Waals surface area contributed by atoms with Crippen molar-refractivity contribution >= 4 is 17.7 Å². The van der Waals surface area contributed by atoms with E-state index in [1.54, 1.807) is 6.20 Å². The Morgan fingerprint density at radius 1 is 1.27 bits per heavy atom. The molecule has 1 aliphatic heterocycles. The van der Waals surface area contributed by atoms with E-state index in [1.165, 1.54) is 14.0 Å². The second-order valence-corrected chi connectivity index (χ2v) is 11.3. The van der Waals surface area contributed by atoms with Gasteiger partial charge in [0, 0.05) is 50.4 Å². The molecule has 6 atom stereocenters. The summed E-state index contributed by atoms with van der Waals surface area (Å²) < 4.78 is 17.2. The first-order valence-electron chi connectivity index (χ1n) is 13.1. The van der Waals surface area contributed by atoms with Crippen molar-refractivity contribution in [1.29, 1.82) is 0 Å². The summed E-state index contributed by atoms with van der Waals surface area (Å²) >= 11 is 0. The number of carbonyl (C=O) groups is 3. The quantitative estimate of drug-likeness (QED) is 0.388. The molecule has 0 spiro atoms. The summed E-state index contributed by atoms with van der Waals surface area (Å²) in [6, 6.07) is 0. The number of esters is 2. The van der Waals surface area contributed by atoms with E-state index in [-0.39, 0.29) is 23.7 Å². The number of aliphatic hydroxyl groups is 2. The molecule has 0 bridgehead atoms. The predicted octanol–water partition coefficient (Wildman–Crippen LogP) is 2.98. The SMILES string of the molecule is CCCCN(C)/C=C1/C(=O)O[C@H](COC)[C@@]2(C)C1=C(O)C(=O)C1=C2[C@H](OC(C)=O)C[C@]2(C)[C@@H](O)CC[C@@H]12. The summed E-state index contributed by atoms with van der Waals surface area (Å²) in [6.07, 6.45) is 2.47. The molecule has 0 aromatic carbocycles. The topological polar surface area (TPSA) is 123 Å². The Labute approximate surface area is 218 Å². The summed E-state index contributed by atoms with van der Waals surface area (Å²) in [5.41, 5.74) is -0.718. The molecular weight excluding hydrogens is 478 g/mol. The van der Waals surface area contributed by atoms with Gasteiger partial charge < -0.3 is 29.3 Å². The first kappa shape index (κ1) is 27.4. The molecule has 0 unspecified atom stereocenters. The van der Waals surface area contributed by atoms with Gasteiger partial charge in [0.15, 0.2) is 5.76 Å². The molecule has 1 saturated heterocycles. The molecule has 2 N–H and O–H groups in total. The molecule has 3 aliphatic carbocycles. The van der Waals surface area contributed by atoms with Crippen LogP contribution in [0.3, 0.4) is 0 Å². The Bertz CT molecular complexity index is 1090. The van der Waals surface area contributed by atoms with Gasteiger partial charge in [0.2, 0.25) is 5.78 Å². The molecule has 1 saturated carbocycles. The van der Waals surface area contributed by atoms with Gasteiger partial charge >= 0.3 is 11.9 Å². The number of aliphatic hydroxyl groups excluding tert-OH is 2. The number of hydrogen-bond donors (Lipinski definition) is 2. The fourth-order valence-corrected chi connectivity index (χ4v) is 6.96. The van der Waals surface area contributed by atoms with Gasteiger partial charge in [0.25, 0.3) is 0 Å². The molecule has 0 aromatic heterocycles. The Morgan fingerprint density at radius 2 is 1.97 bits per heavy atom. The molecule has 0 amide bonds. The van der Waals surface area contributed by atoms with Gasteiger partial charge in [0.05, 0.1) is 23.7 Å². The van der Waals surface area contributed by atoms with Gasteiger partial charge in [-0.2, -0.15) is 0 Å². The number of cyclic esters (lactones) is 1. The number of rotatable bonds is 7. The summed E-state index contributed by atoms with van der Waals surface area (Å²) in [6.45, 7) is 7.79. The standard InChI is InChI=1S/C28H39NO8/c1-7-8-11-29(5)13-16-22-25(33)24(32)21-17-9-10-19(31)27(17,3)12-18(36-15(2)30)23(21)28(22,4)20(14-35-6)37-26(16)34/h13,17-20,31,33H,7-12,14H2,1-6H3/b16-13+/t17-,18+,19-,20+,27-,28-/m0/s1. The fraction of sp³-hybridized carbons (Fsp3) is 0.679. The number of unbranched alkanes of at least 4 members (excludes halogenated alkanes) is 1. The smallest absolute Gasteiger partial charge is 0.340 e. The second kappa shape index (κ2) is 9.91. The second-order valence-electron chi connectivity index (χ2n) is 11.3. The molecule has 1 heterocycles. The van der Waals surface area contributed by atoms with Crippen LogP contribution in [-0.4, -0.2) is 78.5 Å². The largest absolute Gasteiger partial charge is 0.504 e. The van der Waals surface area contributed by atoms with Crippen molar-refractivity contribution in [3.8, 4) is 0 Å². The van der Waals surface area contributed by atoms with Crippen LogP contribution < -0.4 is 0 Å². The van der Waals surface area contributed by atoms with E-state index in [1.807, 2.05) is 25.8 Å². The Morgan fingerprint density at radius 3 is 2.59 bits per heavy atom. The third-order valence-electron chi connectivity index (χ3n) is 8.87. The van der Waals surface area contributed by atoms with Gasteiger partial charge in [-0.25, -0.2) is 4.79 Å². The number of allylic oxidation sites excluding steroid dienone is 1. The van der Waals surface area contributed by atoms with Crippen LogP contribution in [0.15, 0.2) is 34.3 Å². The van der Waals surface area contributed by atoms with Crippen LogP contribution >= 0.6 is 0 Å². The summed E-state index contributed by atoms with van der Waals surface area (Å²) in [7, 11) is 3.32. The molecule has 9 heteroatoms. The number of nitrogens with zero attached hydrogens (tertiary/aromatic N) is 1. The summed E-state index contributed by atoms with van der Waals surface area (Å²) in [4.78, 5) is 41.3. The van der Waals surface area contributed by atoms with Gasteiger partial charge in [-0.1, -0.05) is 20.3 Å².